The maximum atomic E-state index is 12.6. The molecule has 1 saturated heterocycles. The van der Waals surface area contributed by atoms with Crippen LogP contribution in [0, 0.1) is 5.82 Å². The van der Waals surface area contributed by atoms with Crippen LogP contribution in [0.25, 0.3) is 5.65 Å². The molecule has 36 heavy (non-hydrogen) atoms. The van der Waals surface area contributed by atoms with E-state index < -0.39 is 5.91 Å². The van der Waals surface area contributed by atoms with Gasteiger partial charge in [-0.25, -0.2) is 13.9 Å². The standard InChI is InChI=1S/C20H19Cl2N5O2.C6H5F/c21-12-7-14(19(28)15(22)8-12)20(29)24-13-5-6-26(10-13)18-4-3-17-23-9-16(11-1-2-11)27(17)25-18;7-6-4-2-1-3-5-6/h3-4,7-9,11,13,28H,1-2,5-6,10H2,(H,24,29);1-5H/t13-;/m0./s1. The fraction of sp³-hybridized carbons (Fsp3) is 0.269. The number of nitrogens with one attached hydrogen (secondary N) is 1. The lowest BCUT2D eigenvalue weighted by Crippen LogP contribution is -2.37. The van der Waals surface area contributed by atoms with Gasteiger partial charge in [-0.2, -0.15) is 0 Å². The molecule has 6 rings (SSSR count). The van der Waals surface area contributed by atoms with Crippen molar-refractivity contribution in [2.75, 3.05) is 18.0 Å². The maximum Gasteiger partial charge on any atom is 0.255 e. The van der Waals surface area contributed by atoms with Gasteiger partial charge in [0.1, 0.15) is 17.4 Å². The molecule has 1 aliphatic heterocycles. The van der Waals surface area contributed by atoms with Crippen LogP contribution in [-0.4, -0.2) is 44.7 Å². The van der Waals surface area contributed by atoms with E-state index in [1.54, 1.807) is 18.2 Å². The third-order valence-corrected chi connectivity index (χ3v) is 6.73. The van der Waals surface area contributed by atoms with E-state index in [9.17, 15) is 14.3 Å². The largest absolute Gasteiger partial charge is 0.506 e. The van der Waals surface area contributed by atoms with Gasteiger partial charge in [-0.3, -0.25) is 4.79 Å². The van der Waals surface area contributed by atoms with E-state index in [-0.39, 0.29) is 28.2 Å². The Morgan fingerprint density at radius 3 is 2.56 bits per heavy atom. The zero-order valence-corrected chi connectivity index (χ0v) is 20.8. The highest BCUT2D eigenvalue weighted by Crippen LogP contribution is 2.40. The molecule has 1 amide bonds. The van der Waals surface area contributed by atoms with Gasteiger partial charge in [-0.1, -0.05) is 41.4 Å². The van der Waals surface area contributed by atoms with E-state index in [1.165, 1.54) is 42.8 Å². The first-order valence-corrected chi connectivity index (χ1v) is 12.4. The molecule has 1 atom stereocenters. The molecule has 2 N–H and O–H groups in total. The van der Waals surface area contributed by atoms with E-state index in [4.69, 9.17) is 28.3 Å². The number of imidazole rings is 1. The van der Waals surface area contributed by atoms with E-state index in [0.29, 0.717) is 17.5 Å². The van der Waals surface area contributed by atoms with Crippen LogP contribution >= 0.6 is 23.2 Å². The lowest BCUT2D eigenvalue weighted by atomic mass is 10.1. The zero-order valence-electron chi connectivity index (χ0n) is 19.2. The Kier molecular flexibility index (Phi) is 6.98. The predicted octanol–water partition coefficient (Wildman–Crippen LogP) is 5.45. The molecule has 0 bridgehead atoms. The predicted molar refractivity (Wildman–Crippen MR) is 138 cm³/mol. The minimum absolute atomic E-state index is 0.0556. The van der Waals surface area contributed by atoms with Gasteiger partial charge in [0, 0.05) is 30.1 Å². The summed E-state index contributed by atoms with van der Waals surface area (Å²) in [5.74, 6) is 0.594. The third kappa shape index (κ3) is 5.39. The lowest BCUT2D eigenvalue weighted by molar-refractivity contribution is 0.0937. The van der Waals surface area contributed by atoms with E-state index in [0.717, 1.165) is 24.4 Å². The first-order valence-electron chi connectivity index (χ1n) is 11.7. The second-order valence-corrected chi connectivity index (χ2v) is 9.75. The number of halogens is 3. The number of carbonyl (C=O) groups excluding carboxylic acids is 1. The maximum absolute atomic E-state index is 12.6. The lowest BCUT2D eigenvalue weighted by Gasteiger charge is -2.18. The van der Waals surface area contributed by atoms with Crippen molar-refractivity contribution in [3.05, 3.63) is 87.9 Å². The molecule has 0 unspecified atom stereocenters. The molecule has 3 heterocycles. The molecule has 2 aromatic carbocycles. The van der Waals surface area contributed by atoms with E-state index in [2.05, 4.69) is 15.2 Å². The van der Waals surface area contributed by atoms with Crippen molar-refractivity contribution < 1.29 is 14.3 Å². The monoisotopic (exact) mass is 527 g/mol. The molecule has 1 aliphatic carbocycles. The molecule has 0 radical (unpaired) electrons. The van der Waals surface area contributed by atoms with E-state index >= 15 is 0 Å². The summed E-state index contributed by atoms with van der Waals surface area (Å²) in [4.78, 5) is 19.2. The minimum atomic E-state index is -0.396. The Morgan fingerprint density at radius 1 is 1.08 bits per heavy atom. The van der Waals surface area contributed by atoms with Gasteiger partial charge in [0.25, 0.3) is 5.91 Å². The molecule has 0 spiro atoms. The number of anilines is 1. The number of nitrogens with zero attached hydrogens (tertiary/aromatic N) is 4. The van der Waals surface area contributed by atoms with Gasteiger partial charge in [-0.05, 0) is 55.7 Å². The van der Waals surface area contributed by atoms with Crippen molar-refractivity contribution in [1.29, 1.82) is 0 Å². The first-order chi connectivity index (χ1) is 17.4. The van der Waals surface area contributed by atoms with Crippen molar-refractivity contribution >= 4 is 40.6 Å². The number of aromatic hydroxyl groups is 1. The summed E-state index contributed by atoms with van der Waals surface area (Å²) in [6, 6.07) is 14.6. The Bertz CT molecular complexity index is 1390. The fourth-order valence-electron chi connectivity index (χ4n) is 4.21. The second kappa shape index (κ2) is 10.3. The van der Waals surface area contributed by atoms with Gasteiger partial charge in [-0.15, -0.1) is 5.10 Å². The highest BCUT2D eigenvalue weighted by molar-refractivity contribution is 6.36. The van der Waals surface area contributed by atoms with Crippen LogP contribution in [0.5, 0.6) is 5.75 Å². The van der Waals surface area contributed by atoms with Crippen LogP contribution in [0.1, 0.15) is 41.2 Å². The van der Waals surface area contributed by atoms with Crippen LogP contribution in [-0.2, 0) is 0 Å². The fourth-order valence-corrected chi connectivity index (χ4v) is 4.70. The third-order valence-electron chi connectivity index (χ3n) is 6.22. The van der Waals surface area contributed by atoms with Gasteiger partial charge >= 0.3 is 0 Å². The van der Waals surface area contributed by atoms with Gasteiger partial charge in [0.2, 0.25) is 0 Å². The molecule has 2 aliphatic rings. The van der Waals surface area contributed by atoms with Crippen LogP contribution in [0.4, 0.5) is 10.2 Å². The van der Waals surface area contributed by atoms with Crippen LogP contribution in [0.2, 0.25) is 10.0 Å². The summed E-state index contributed by atoms with van der Waals surface area (Å²) >= 11 is 11.9. The zero-order chi connectivity index (χ0) is 25.2. The first kappa shape index (κ1) is 24.3. The smallest absolute Gasteiger partial charge is 0.255 e. The number of aromatic nitrogens is 3. The van der Waals surface area contributed by atoms with Crippen LogP contribution in [0.15, 0.2) is 60.8 Å². The molecular weight excluding hydrogens is 504 g/mol. The molecular formula is C26H24Cl2FN5O2. The molecule has 1 saturated carbocycles. The summed E-state index contributed by atoms with van der Waals surface area (Å²) in [5, 5.41) is 18.2. The molecule has 7 nitrogen and oxygen atoms in total. The number of hydrogen-bond donors (Lipinski definition) is 2. The van der Waals surface area contributed by atoms with E-state index in [1.807, 2.05) is 22.8 Å². The Balaban J connectivity index is 0.000000330. The molecule has 10 heteroatoms. The Hall–Kier alpha value is -3.36. The number of hydrogen-bond acceptors (Lipinski definition) is 5. The van der Waals surface area contributed by atoms with Gasteiger partial charge in [0.15, 0.2) is 5.65 Å². The Morgan fingerprint density at radius 2 is 1.86 bits per heavy atom. The van der Waals surface area contributed by atoms with Crippen LogP contribution < -0.4 is 10.2 Å². The summed E-state index contributed by atoms with van der Waals surface area (Å²) in [5.41, 5.74) is 2.10. The van der Waals surface area contributed by atoms with Crippen molar-refractivity contribution in [3.8, 4) is 5.75 Å². The molecule has 2 fully saturated rings. The normalized spacial score (nSPS) is 17.1. The number of carbonyl (C=O) groups is 1. The number of phenolic OH excluding ortho intramolecular Hbond substituents is 1. The quantitative estimate of drug-likeness (QED) is 0.368. The molecule has 186 valence electrons. The van der Waals surface area contributed by atoms with Crippen molar-refractivity contribution in [2.45, 2.75) is 31.2 Å². The summed E-state index contributed by atoms with van der Waals surface area (Å²) in [6.07, 6.45) is 5.08. The van der Waals surface area contributed by atoms with Crippen molar-refractivity contribution in [1.82, 2.24) is 19.9 Å². The van der Waals surface area contributed by atoms with Gasteiger partial charge < -0.3 is 15.3 Å². The number of rotatable bonds is 4. The average molecular weight is 528 g/mol. The summed E-state index contributed by atoms with van der Waals surface area (Å²) in [7, 11) is 0. The number of benzene rings is 2. The molecule has 4 aromatic rings. The number of fused-ring (bicyclic) bond motifs is 1. The van der Waals surface area contributed by atoms with Crippen molar-refractivity contribution in [3.63, 3.8) is 0 Å². The second-order valence-electron chi connectivity index (χ2n) is 8.90. The number of phenols is 1. The SMILES string of the molecule is Fc1ccccc1.O=C(N[C@H]1CCN(c2ccc3ncc(C4CC4)n3n2)C1)c1cc(Cl)cc(Cl)c1O. The highest BCUT2D eigenvalue weighted by atomic mass is 35.5. The van der Waals surface area contributed by atoms with Crippen LogP contribution in [0.3, 0.4) is 0 Å². The summed E-state index contributed by atoms with van der Waals surface area (Å²) < 4.78 is 13.8. The average Bonchev–Trinajstić information content (AvgIpc) is 3.45. The Labute approximate surface area is 217 Å². The van der Waals surface area contributed by atoms with Gasteiger partial charge in [0.05, 0.1) is 22.5 Å². The van der Waals surface area contributed by atoms with Crippen molar-refractivity contribution in [2.24, 2.45) is 0 Å². The minimum Gasteiger partial charge on any atom is -0.506 e. The summed E-state index contributed by atoms with van der Waals surface area (Å²) in [6.45, 7) is 1.41. The molecule has 2 aromatic heterocycles. The number of amides is 1. The topological polar surface area (TPSA) is 82.8 Å². The highest BCUT2D eigenvalue weighted by Gasteiger charge is 2.29.